The topological polar surface area (TPSA) is 50.9 Å². The Labute approximate surface area is 146 Å². The first-order valence-corrected chi connectivity index (χ1v) is 8.92. The highest BCUT2D eigenvalue weighted by Crippen LogP contribution is 2.29. The third-order valence-corrected chi connectivity index (χ3v) is 5.08. The summed E-state index contributed by atoms with van der Waals surface area (Å²) in [4.78, 5) is 1.47. The van der Waals surface area contributed by atoms with Crippen LogP contribution in [-0.2, 0) is 6.42 Å². The Bertz CT molecular complexity index is 868. The molecule has 2 aromatic carbocycles. The smallest absolute Gasteiger partial charge is 0.143 e. The van der Waals surface area contributed by atoms with Crippen molar-refractivity contribution >= 4 is 22.6 Å². The van der Waals surface area contributed by atoms with Crippen molar-refractivity contribution in [1.29, 1.82) is 0 Å². The van der Waals surface area contributed by atoms with Gasteiger partial charge in [0.2, 0.25) is 0 Å². The van der Waals surface area contributed by atoms with E-state index >= 15 is 0 Å². The summed E-state index contributed by atoms with van der Waals surface area (Å²) in [6.07, 6.45) is 7.67. The first-order valence-electron chi connectivity index (χ1n) is 8.54. The van der Waals surface area contributed by atoms with E-state index in [1.54, 1.807) is 12.1 Å². The molecule has 24 heavy (non-hydrogen) atoms. The molecule has 0 saturated heterocycles. The molecule has 0 amide bonds. The number of phenols is 1. The highest BCUT2D eigenvalue weighted by molar-refractivity contribution is 6.31. The molecule has 1 saturated carbocycles. The van der Waals surface area contributed by atoms with Gasteiger partial charge in [0, 0.05) is 5.02 Å². The van der Waals surface area contributed by atoms with Crippen LogP contribution >= 0.6 is 11.6 Å². The molecule has 1 aliphatic carbocycles. The number of aromatic hydroxyl groups is 1. The van der Waals surface area contributed by atoms with Crippen molar-refractivity contribution < 1.29 is 5.11 Å². The Morgan fingerprint density at radius 2 is 1.79 bits per heavy atom. The van der Waals surface area contributed by atoms with Crippen LogP contribution in [0.15, 0.2) is 36.4 Å². The maximum Gasteiger partial charge on any atom is 0.143 e. The van der Waals surface area contributed by atoms with Crippen LogP contribution in [0.3, 0.4) is 0 Å². The zero-order chi connectivity index (χ0) is 16.5. The summed E-state index contributed by atoms with van der Waals surface area (Å²) in [5, 5.41) is 19.9. The lowest BCUT2D eigenvalue weighted by atomic mass is 9.85. The first kappa shape index (κ1) is 15.5. The molecule has 1 heterocycles. The standard InChI is InChI=1S/C19H20ClN3O/c20-15-7-8-16-17(12-15)22-23(21-16)18-9-6-14(11-19(18)24)10-13-4-2-1-3-5-13/h6-9,11-13,24H,1-5,10H2. The predicted molar refractivity (Wildman–Crippen MR) is 95.8 cm³/mol. The average molecular weight is 342 g/mol. The van der Waals surface area contributed by atoms with Gasteiger partial charge < -0.3 is 5.11 Å². The van der Waals surface area contributed by atoms with E-state index in [9.17, 15) is 5.11 Å². The molecule has 0 atom stereocenters. The zero-order valence-electron chi connectivity index (χ0n) is 13.5. The van der Waals surface area contributed by atoms with E-state index in [2.05, 4.69) is 16.3 Å². The van der Waals surface area contributed by atoms with Crippen molar-refractivity contribution in [1.82, 2.24) is 15.0 Å². The number of aromatic nitrogens is 3. The van der Waals surface area contributed by atoms with Crippen LogP contribution in [0.25, 0.3) is 16.7 Å². The first-order chi connectivity index (χ1) is 11.7. The molecule has 0 unspecified atom stereocenters. The van der Waals surface area contributed by atoms with Crippen LogP contribution in [0.2, 0.25) is 5.02 Å². The molecule has 0 radical (unpaired) electrons. The monoisotopic (exact) mass is 341 g/mol. The minimum absolute atomic E-state index is 0.217. The SMILES string of the molecule is Oc1cc(CC2CCCCC2)ccc1-n1nc2ccc(Cl)cc2n1. The molecule has 0 spiro atoms. The van der Waals surface area contributed by atoms with Crippen LogP contribution in [0.1, 0.15) is 37.7 Å². The van der Waals surface area contributed by atoms with E-state index < -0.39 is 0 Å². The number of hydrogen-bond donors (Lipinski definition) is 1. The van der Waals surface area contributed by atoms with Gasteiger partial charge in [-0.05, 0) is 48.2 Å². The fourth-order valence-electron chi connectivity index (χ4n) is 3.59. The summed E-state index contributed by atoms with van der Waals surface area (Å²) < 4.78 is 0. The van der Waals surface area contributed by atoms with Gasteiger partial charge in [0.25, 0.3) is 0 Å². The molecule has 0 bridgehead atoms. The molecule has 0 aliphatic heterocycles. The maximum absolute atomic E-state index is 10.4. The van der Waals surface area contributed by atoms with Crippen LogP contribution in [0, 0.1) is 5.92 Å². The van der Waals surface area contributed by atoms with Gasteiger partial charge >= 0.3 is 0 Å². The number of hydrogen-bond acceptors (Lipinski definition) is 3. The van der Waals surface area contributed by atoms with Crippen molar-refractivity contribution in [3.63, 3.8) is 0 Å². The number of benzene rings is 2. The summed E-state index contributed by atoms with van der Waals surface area (Å²) in [6.45, 7) is 0. The van der Waals surface area contributed by atoms with Crippen LogP contribution < -0.4 is 0 Å². The molecule has 1 N–H and O–H groups in total. The number of rotatable bonds is 3. The van der Waals surface area contributed by atoms with Gasteiger partial charge in [0.1, 0.15) is 22.5 Å². The quantitative estimate of drug-likeness (QED) is 0.737. The van der Waals surface area contributed by atoms with E-state index in [-0.39, 0.29) is 5.75 Å². The normalized spacial score (nSPS) is 15.9. The maximum atomic E-state index is 10.4. The highest BCUT2D eigenvalue weighted by atomic mass is 35.5. The summed E-state index contributed by atoms with van der Waals surface area (Å²) in [5.41, 5.74) is 3.25. The molecule has 1 aromatic heterocycles. The number of nitrogens with zero attached hydrogens (tertiary/aromatic N) is 3. The second kappa shape index (κ2) is 6.44. The molecular formula is C19H20ClN3O. The van der Waals surface area contributed by atoms with Gasteiger partial charge in [0.05, 0.1) is 0 Å². The summed E-state index contributed by atoms with van der Waals surface area (Å²) in [6, 6.07) is 11.2. The van der Waals surface area contributed by atoms with Gasteiger partial charge in [-0.15, -0.1) is 15.0 Å². The summed E-state index contributed by atoms with van der Waals surface area (Å²) in [5.74, 6) is 0.964. The van der Waals surface area contributed by atoms with Crippen LogP contribution in [0.4, 0.5) is 0 Å². The molecule has 124 valence electrons. The van der Waals surface area contributed by atoms with Gasteiger partial charge in [-0.1, -0.05) is 49.8 Å². The van der Waals surface area contributed by atoms with E-state index in [4.69, 9.17) is 11.6 Å². The molecule has 1 fully saturated rings. The Hall–Kier alpha value is -2.07. The Balaban J connectivity index is 1.60. The fourth-order valence-corrected chi connectivity index (χ4v) is 3.75. The Morgan fingerprint density at radius 3 is 2.58 bits per heavy atom. The number of halogens is 1. The van der Waals surface area contributed by atoms with E-state index in [0.717, 1.165) is 17.9 Å². The van der Waals surface area contributed by atoms with Crippen LogP contribution in [-0.4, -0.2) is 20.1 Å². The lowest BCUT2D eigenvalue weighted by Crippen LogP contribution is -2.09. The molecule has 4 rings (SSSR count). The van der Waals surface area contributed by atoms with Gasteiger partial charge in [0.15, 0.2) is 0 Å². The van der Waals surface area contributed by atoms with Crippen molar-refractivity contribution in [2.75, 3.05) is 0 Å². The Morgan fingerprint density at radius 1 is 1.00 bits per heavy atom. The second-order valence-corrected chi connectivity index (χ2v) is 7.09. The van der Waals surface area contributed by atoms with Crippen LogP contribution in [0.5, 0.6) is 5.75 Å². The minimum atomic E-state index is 0.217. The third kappa shape index (κ3) is 3.11. The largest absolute Gasteiger partial charge is 0.506 e. The second-order valence-electron chi connectivity index (χ2n) is 6.65. The van der Waals surface area contributed by atoms with Gasteiger partial charge in [-0.2, -0.15) is 0 Å². The molecule has 5 heteroatoms. The number of phenolic OH excluding ortho intramolecular Hbond substituents is 1. The number of fused-ring (bicyclic) bond motifs is 1. The van der Waals surface area contributed by atoms with Gasteiger partial charge in [-0.25, -0.2) is 0 Å². The van der Waals surface area contributed by atoms with Crippen molar-refractivity contribution in [2.24, 2.45) is 5.92 Å². The lowest BCUT2D eigenvalue weighted by Gasteiger charge is -2.21. The average Bonchev–Trinajstić information content (AvgIpc) is 2.98. The minimum Gasteiger partial charge on any atom is -0.506 e. The van der Waals surface area contributed by atoms with E-state index in [0.29, 0.717) is 16.2 Å². The third-order valence-electron chi connectivity index (χ3n) is 4.85. The van der Waals surface area contributed by atoms with Crippen molar-refractivity contribution in [3.05, 3.63) is 47.0 Å². The van der Waals surface area contributed by atoms with E-state index in [1.807, 2.05) is 18.2 Å². The summed E-state index contributed by atoms with van der Waals surface area (Å²) >= 11 is 5.99. The zero-order valence-corrected chi connectivity index (χ0v) is 14.2. The lowest BCUT2D eigenvalue weighted by molar-refractivity contribution is 0.356. The highest BCUT2D eigenvalue weighted by Gasteiger charge is 2.15. The molecule has 1 aliphatic rings. The van der Waals surface area contributed by atoms with Crippen molar-refractivity contribution in [3.8, 4) is 11.4 Å². The van der Waals surface area contributed by atoms with Crippen molar-refractivity contribution in [2.45, 2.75) is 38.5 Å². The van der Waals surface area contributed by atoms with E-state index in [1.165, 1.54) is 42.5 Å². The Kier molecular flexibility index (Phi) is 4.15. The fraction of sp³-hybridized carbons (Fsp3) is 0.368. The molecule has 3 aromatic rings. The molecular weight excluding hydrogens is 322 g/mol. The molecule has 4 nitrogen and oxygen atoms in total. The van der Waals surface area contributed by atoms with Gasteiger partial charge in [-0.3, -0.25) is 0 Å². The predicted octanol–water partition coefficient (Wildman–Crippen LogP) is 4.90. The summed E-state index contributed by atoms with van der Waals surface area (Å²) in [7, 11) is 0.